The van der Waals surface area contributed by atoms with Gasteiger partial charge in [-0.05, 0) is 36.8 Å². The van der Waals surface area contributed by atoms with Crippen molar-refractivity contribution in [2.24, 2.45) is 11.7 Å². The smallest absolute Gasteiger partial charge is 0.255 e. The second-order valence-electron chi connectivity index (χ2n) is 5.35. The van der Waals surface area contributed by atoms with E-state index in [1.165, 1.54) is 14.0 Å². The van der Waals surface area contributed by atoms with Crippen LogP contribution in [-0.4, -0.2) is 30.5 Å². The third kappa shape index (κ3) is 3.83. The van der Waals surface area contributed by atoms with Crippen molar-refractivity contribution in [3.8, 4) is 11.5 Å². The van der Waals surface area contributed by atoms with Gasteiger partial charge in [0.1, 0.15) is 5.78 Å². The first-order chi connectivity index (χ1) is 11.3. The Labute approximate surface area is 145 Å². The van der Waals surface area contributed by atoms with Crippen LogP contribution >= 0.6 is 12.2 Å². The number of rotatable bonds is 6. The predicted molar refractivity (Wildman–Crippen MR) is 92.6 cm³/mol. The van der Waals surface area contributed by atoms with Gasteiger partial charge in [0.15, 0.2) is 23.2 Å². The molecule has 0 spiro atoms. The number of thiocarbonyl (C=S) groups is 1. The van der Waals surface area contributed by atoms with Crippen LogP contribution in [0.25, 0.3) is 0 Å². The van der Waals surface area contributed by atoms with E-state index >= 15 is 0 Å². The van der Waals surface area contributed by atoms with E-state index in [-0.39, 0.29) is 18.4 Å². The molecule has 1 aliphatic rings. The number of hydrogen-bond acceptors (Lipinski definition) is 5. The van der Waals surface area contributed by atoms with Gasteiger partial charge in [-0.25, -0.2) is 0 Å². The molecule has 24 heavy (non-hydrogen) atoms. The van der Waals surface area contributed by atoms with Crippen LogP contribution in [-0.2, 0) is 9.59 Å². The molecule has 1 aliphatic heterocycles. The number of nitrogens with one attached hydrogen (secondary N) is 2. The number of amides is 1. The zero-order valence-electron chi connectivity index (χ0n) is 13.4. The summed E-state index contributed by atoms with van der Waals surface area (Å²) in [6.45, 7) is 5.14. The fourth-order valence-electron chi connectivity index (χ4n) is 2.59. The first-order valence-corrected chi connectivity index (χ1v) is 7.60. The fourth-order valence-corrected chi connectivity index (χ4v) is 2.85. The molecule has 0 unspecified atom stereocenters. The summed E-state index contributed by atoms with van der Waals surface area (Å²) < 4.78 is 10.6. The lowest BCUT2D eigenvalue weighted by Gasteiger charge is -2.35. The van der Waals surface area contributed by atoms with Crippen molar-refractivity contribution in [2.45, 2.75) is 13.0 Å². The van der Waals surface area contributed by atoms with E-state index in [0.29, 0.717) is 22.3 Å². The summed E-state index contributed by atoms with van der Waals surface area (Å²) in [7, 11) is 1.48. The minimum Gasteiger partial charge on any atom is -0.493 e. The molecule has 128 valence electrons. The second kappa shape index (κ2) is 7.31. The Morgan fingerprint density at radius 1 is 1.38 bits per heavy atom. The summed E-state index contributed by atoms with van der Waals surface area (Å²) in [5.41, 5.74) is 6.40. The Morgan fingerprint density at radius 2 is 2.08 bits per heavy atom. The van der Waals surface area contributed by atoms with Gasteiger partial charge in [0.2, 0.25) is 0 Å². The monoisotopic (exact) mass is 349 g/mol. The lowest BCUT2D eigenvalue weighted by Crippen LogP contribution is -2.50. The van der Waals surface area contributed by atoms with Crippen molar-refractivity contribution in [3.63, 3.8) is 0 Å². The van der Waals surface area contributed by atoms with Crippen LogP contribution in [0.4, 0.5) is 0 Å². The van der Waals surface area contributed by atoms with Crippen molar-refractivity contribution < 1.29 is 19.1 Å². The number of primary amides is 1. The average Bonchev–Trinajstić information content (AvgIpc) is 2.51. The van der Waals surface area contributed by atoms with Gasteiger partial charge >= 0.3 is 0 Å². The van der Waals surface area contributed by atoms with Crippen LogP contribution in [0.15, 0.2) is 30.5 Å². The second-order valence-corrected chi connectivity index (χ2v) is 5.76. The van der Waals surface area contributed by atoms with Gasteiger partial charge in [-0.2, -0.15) is 0 Å². The first kappa shape index (κ1) is 17.7. The molecule has 7 nitrogen and oxygen atoms in total. The van der Waals surface area contributed by atoms with E-state index in [2.05, 4.69) is 17.2 Å². The Bertz CT molecular complexity index is 705. The van der Waals surface area contributed by atoms with E-state index in [1.54, 1.807) is 18.2 Å². The highest BCUT2D eigenvalue weighted by Crippen LogP contribution is 2.35. The fraction of sp³-hybridized carbons (Fsp3) is 0.312. The molecule has 1 fully saturated rings. The number of carbonyl (C=O) groups excluding carboxylic acids is 2. The molecule has 0 radical (unpaired) electrons. The molecule has 0 aromatic heterocycles. The van der Waals surface area contributed by atoms with Crippen molar-refractivity contribution in [1.82, 2.24) is 10.6 Å². The van der Waals surface area contributed by atoms with Crippen molar-refractivity contribution in [2.75, 3.05) is 13.7 Å². The molecule has 1 aromatic carbocycles. The number of carbonyl (C=O) groups is 2. The third-order valence-corrected chi connectivity index (χ3v) is 3.84. The van der Waals surface area contributed by atoms with Gasteiger partial charge in [-0.1, -0.05) is 12.6 Å². The zero-order chi connectivity index (χ0) is 17.9. The third-order valence-electron chi connectivity index (χ3n) is 3.62. The molecule has 0 bridgehead atoms. The van der Waals surface area contributed by atoms with E-state index in [4.69, 9.17) is 27.4 Å². The summed E-state index contributed by atoms with van der Waals surface area (Å²) >= 11 is 5.15. The van der Waals surface area contributed by atoms with Crippen LogP contribution < -0.4 is 25.8 Å². The molecular weight excluding hydrogens is 330 g/mol. The van der Waals surface area contributed by atoms with E-state index in [1.807, 2.05) is 0 Å². The van der Waals surface area contributed by atoms with Crippen molar-refractivity contribution in [3.05, 3.63) is 36.0 Å². The van der Waals surface area contributed by atoms with Crippen molar-refractivity contribution in [1.29, 1.82) is 0 Å². The molecule has 8 heteroatoms. The van der Waals surface area contributed by atoms with Crippen LogP contribution in [0.3, 0.4) is 0 Å². The molecule has 1 aromatic rings. The summed E-state index contributed by atoms with van der Waals surface area (Å²) in [6, 6.07) is 4.78. The number of methoxy groups -OCH3 is 1. The molecule has 1 saturated heterocycles. The maximum absolute atomic E-state index is 12.0. The molecule has 4 N–H and O–H groups in total. The summed E-state index contributed by atoms with van der Waals surface area (Å²) in [5, 5.41) is 6.36. The molecule has 2 atom stereocenters. The SMILES string of the molecule is C=C1NC(=S)N[C@H](c2ccc(OCC(N)=O)c(OC)c2)[C@@H]1C(C)=O. The average molecular weight is 349 g/mol. The molecule has 0 saturated carbocycles. The number of hydrogen-bond donors (Lipinski definition) is 3. The molecule has 1 heterocycles. The highest BCUT2D eigenvalue weighted by atomic mass is 32.1. The molecule has 2 rings (SSSR count). The Morgan fingerprint density at radius 3 is 2.67 bits per heavy atom. The first-order valence-electron chi connectivity index (χ1n) is 7.19. The van der Waals surface area contributed by atoms with Crippen LogP contribution in [0, 0.1) is 5.92 Å². The van der Waals surface area contributed by atoms with Gasteiger partial charge in [-0.15, -0.1) is 0 Å². The largest absolute Gasteiger partial charge is 0.493 e. The van der Waals surface area contributed by atoms with E-state index < -0.39 is 11.8 Å². The summed E-state index contributed by atoms with van der Waals surface area (Å²) in [5.74, 6) is -0.290. The van der Waals surface area contributed by atoms with Gasteiger partial charge < -0.3 is 25.8 Å². The van der Waals surface area contributed by atoms with E-state index in [0.717, 1.165) is 5.56 Å². The van der Waals surface area contributed by atoms with E-state index in [9.17, 15) is 9.59 Å². The zero-order valence-corrected chi connectivity index (χ0v) is 14.2. The van der Waals surface area contributed by atoms with Crippen LogP contribution in [0.1, 0.15) is 18.5 Å². The highest BCUT2D eigenvalue weighted by Gasteiger charge is 2.34. The minimum absolute atomic E-state index is 0.0412. The summed E-state index contributed by atoms with van der Waals surface area (Å²) in [6.07, 6.45) is 0. The number of ether oxygens (including phenoxy) is 2. The van der Waals surface area contributed by atoms with Gasteiger partial charge in [0.25, 0.3) is 5.91 Å². The summed E-state index contributed by atoms with van der Waals surface area (Å²) in [4.78, 5) is 22.9. The van der Waals surface area contributed by atoms with Crippen LogP contribution in [0.5, 0.6) is 11.5 Å². The molecular formula is C16H19N3O4S. The van der Waals surface area contributed by atoms with Gasteiger partial charge in [0.05, 0.1) is 19.1 Å². The van der Waals surface area contributed by atoms with Gasteiger partial charge in [-0.3, -0.25) is 9.59 Å². The predicted octanol–water partition coefficient (Wildman–Crippen LogP) is 0.797. The topological polar surface area (TPSA) is 103 Å². The molecule has 1 amide bonds. The maximum atomic E-state index is 12.0. The number of benzene rings is 1. The van der Waals surface area contributed by atoms with Crippen molar-refractivity contribution >= 4 is 29.0 Å². The van der Waals surface area contributed by atoms with Crippen LogP contribution in [0.2, 0.25) is 0 Å². The maximum Gasteiger partial charge on any atom is 0.255 e. The van der Waals surface area contributed by atoms with Gasteiger partial charge in [0, 0.05) is 5.70 Å². The molecule has 0 aliphatic carbocycles. The highest BCUT2D eigenvalue weighted by molar-refractivity contribution is 7.80. The Hall–Kier alpha value is -2.61. The minimum atomic E-state index is -0.584. The normalized spacial score (nSPS) is 19.9. The number of Topliss-reactive ketones (excluding diaryl/α,β-unsaturated/α-hetero) is 1. The Balaban J connectivity index is 2.35. The number of ketones is 1. The number of nitrogens with two attached hydrogens (primary N) is 1. The quantitative estimate of drug-likeness (QED) is 0.653. The standard InChI is InChI=1S/C16H19N3O4S/c1-8-14(9(2)20)15(19-16(24)18-8)10-4-5-11(12(6-10)22-3)23-7-13(17)21/h4-6,14-15H,1,7H2,2-3H3,(H2,17,21)(H2,18,19,24)/t14-,15+/m0/s1. The lowest BCUT2D eigenvalue weighted by atomic mass is 9.86. The Kier molecular flexibility index (Phi) is 5.40. The lowest BCUT2D eigenvalue weighted by molar-refractivity contribution is -0.121.